The van der Waals surface area contributed by atoms with E-state index in [1.807, 2.05) is 19.1 Å². The Morgan fingerprint density at radius 2 is 1.94 bits per heavy atom. The number of benzene rings is 1. The Bertz CT molecular complexity index is 419. The summed E-state index contributed by atoms with van der Waals surface area (Å²) in [6.07, 6.45) is 1.01. The fourth-order valence-corrected chi connectivity index (χ4v) is 2.68. The van der Waals surface area contributed by atoms with Crippen molar-refractivity contribution >= 4 is 15.9 Å². The Kier molecular flexibility index (Phi) is 5.05. The molecule has 0 spiro atoms. The first kappa shape index (κ1) is 15.3. The van der Waals surface area contributed by atoms with Crippen LogP contribution in [0.4, 0.5) is 0 Å². The first-order chi connectivity index (χ1) is 8.39. The number of hydrogen-bond acceptors (Lipinski definition) is 3. The Balaban J connectivity index is 3.37. The number of hydrogen-bond donors (Lipinski definition) is 1. The first-order valence-electron chi connectivity index (χ1n) is 6.09. The summed E-state index contributed by atoms with van der Waals surface area (Å²) >= 11 is 3.51. The van der Waals surface area contributed by atoms with Crippen LogP contribution in [0, 0.1) is 5.92 Å². The summed E-state index contributed by atoms with van der Waals surface area (Å²) in [5.41, 5.74) is 7.04. The van der Waals surface area contributed by atoms with Crippen LogP contribution in [0.15, 0.2) is 16.6 Å². The van der Waals surface area contributed by atoms with Crippen molar-refractivity contribution in [3.05, 3.63) is 22.2 Å². The molecule has 0 aliphatic carbocycles. The second-order valence-corrected chi connectivity index (χ2v) is 5.55. The lowest BCUT2D eigenvalue weighted by Gasteiger charge is -2.33. The van der Waals surface area contributed by atoms with Gasteiger partial charge in [-0.1, -0.05) is 20.3 Å². The molecule has 0 heterocycles. The van der Waals surface area contributed by atoms with E-state index in [1.54, 1.807) is 14.2 Å². The van der Waals surface area contributed by atoms with Crippen molar-refractivity contribution < 1.29 is 9.47 Å². The SMILES string of the molecule is CCC(C)C(C)(N)c1ccc(OC)c(Br)c1OC. The predicted octanol–water partition coefficient (Wildman–Crippen LogP) is 3.69. The predicted molar refractivity (Wildman–Crippen MR) is 78.2 cm³/mol. The van der Waals surface area contributed by atoms with E-state index in [1.165, 1.54) is 0 Å². The molecule has 4 heteroatoms. The molecule has 102 valence electrons. The maximum absolute atomic E-state index is 6.49. The van der Waals surface area contributed by atoms with E-state index in [0.717, 1.165) is 28.0 Å². The van der Waals surface area contributed by atoms with Crippen molar-refractivity contribution in [2.24, 2.45) is 11.7 Å². The van der Waals surface area contributed by atoms with Crippen molar-refractivity contribution in [2.45, 2.75) is 32.7 Å². The van der Waals surface area contributed by atoms with E-state index in [4.69, 9.17) is 15.2 Å². The smallest absolute Gasteiger partial charge is 0.141 e. The average molecular weight is 316 g/mol. The Morgan fingerprint density at radius 3 is 2.39 bits per heavy atom. The second kappa shape index (κ2) is 5.93. The number of methoxy groups -OCH3 is 2. The van der Waals surface area contributed by atoms with Gasteiger partial charge < -0.3 is 15.2 Å². The van der Waals surface area contributed by atoms with Crippen molar-refractivity contribution in [1.82, 2.24) is 0 Å². The molecule has 2 unspecified atom stereocenters. The molecule has 0 saturated carbocycles. The van der Waals surface area contributed by atoms with Crippen LogP contribution >= 0.6 is 15.9 Å². The molecule has 0 bridgehead atoms. The van der Waals surface area contributed by atoms with Gasteiger partial charge in [0.05, 0.1) is 14.2 Å². The molecule has 0 radical (unpaired) electrons. The van der Waals surface area contributed by atoms with Crippen LogP contribution < -0.4 is 15.2 Å². The molecule has 1 aromatic carbocycles. The number of nitrogens with two attached hydrogens (primary N) is 1. The third-order valence-electron chi connectivity index (χ3n) is 3.70. The summed E-state index contributed by atoms with van der Waals surface area (Å²) in [7, 11) is 3.28. The van der Waals surface area contributed by atoms with Crippen LogP contribution in [0.25, 0.3) is 0 Å². The van der Waals surface area contributed by atoms with Gasteiger partial charge in [0.1, 0.15) is 16.0 Å². The highest BCUT2D eigenvalue weighted by Crippen LogP contribution is 2.43. The molecule has 3 nitrogen and oxygen atoms in total. The highest BCUT2D eigenvalue weighted by Gasteiger charge is 2.32. The minimum atomic E-state index is -0.436. The fourth-order valence-electron chi connectivity index (χ4n) is 2.01. The maximum Gasteiger partial charge on any atom is 0.141 e. The monoisotopic (exact) mass is 315 g/mol. The second-order valence-electron chi connectivity index (χ2n) is 4.75. The lowest BCUT2D eigenvalue weighted by Crippen LogP contribution is -2.40. The highest BCUT2D eigenvalue weighted by atomic mass is 79.9. The van der Waals surface area contributed by atoms with Crippen LogP contribution in [0.2, 0.25) is 0 Å². The standard InChI is InChI=1S/C14H22BrNO2/c1-6-9(2)14(3,16)10-7-8-11(17-4)12(15)13(10)18-5/h7-9H,6,16H2,1-5H3. The van der Waals surface area contributed by atoms with Gasteiger partial charge in [-0.3, -0.25) is 0 Å². The average Bonchev–Trinajstić information content (AvgIpc) is 2.37. The lowest BCUT2D eigenvalue weighted by molar-refractivity contribution is 0.297. The molecule has 0 aliphatic rings. The molecular weight excluding hydrogens is 294 g/mol. The number of halogens is 1. The Hall–Kier alpha value is -0.740. The third-order valence-corrected chi connectivity index (χ3v) is 4.45. The summed E-state index contributed by atoms with van der Waals surface area (Å²) < 4.78 is 11.6. The third kappa shape index (κ3) is 2.64. The number of rotatable bonds is 5. The van der Waals surface area contributed by atoms with Crippen molar-refractivity contribution in [3.63, 3.8) is 0 Å². The molecule has 2 atom stereocenters. The zero-order valence-corrected chi connectivity index (χ0v) is 13.3. The van der Waals surface area contributed by atoms with Gasteiger partial charge in [-0.05, 0) is 40.9 Å². The Labute approximate surface area is 118 Å². The van der Waals surface area contributed by atoms with E-state index >= 15 is 0 Å². The van der Waals surface area contributed by atoms with Gasteiger partial charge in [0.2, 0.25) is 0 Å². The van der Waals surface area contributed by atoms with Crippen LogP contribution in [0.3, 0.4) is 0 Å². The Morgan fingerprint density at radius 1 is 1.33 bits per heavy atom. The minimum absolute atomic E-state index is 0.353. The first-order valence-corrected chi connectivity index (χ1v) is 6.89. The summed E-state index contributed by atoms with van der Waals surface area (Å²) in [4.78, 5) is 0. The van der Waals surface area contributed by atoms with Gasteiger partial charge in [-0.2, -0.15) is 0 Å². The van der Waals surface area contributed by atoms with Gasteiger partial charge >= 0.3 is 0 Å². The normalized spacial score (nSPS) is 15.9. The van der Waals surface area contributed by atoms with E-state index in [0.29, 0.717) is 5.92 Å². The van der Waals surface area contributed by atoms with Gasteiger partial charge in [0, 0.05) is 11.1 Å². The van der Waals surface area contributed by atoms with E-state index < -0.39 is 5.54 Å². The van der Waals surface area contributed by atoms with Gasteiger partial charge in [-0.25, -0.2) is 0 Å². The van der Waals surface area contributed by atoms with Crippen LogP contribution in [-0.4, -0.2) is 14.2 Å². The van der Waals surface area contributed by atoms with Gasteiger partial charge in [0.25, 0.3) is 0 Å². The van der Waals surface area contributed by atoms with Crippen molar-refractivity contribution in [2.75, 3.05) is 14.2 Å². The van der Waals surface area contributed by atoms with E-state index in [-0.39, 0.29) is 0 Å². The largest absolute Gasteiger partial charge is 0.495 e. The molecule has 0 saturated heterocycles. The summed E-state index contributed by atoms with van der Waals surface area (Å²) in [5, 5.41) is 0. The molecule has 0 fully saturated rings. The topological polar surface area (TPSA) is 44.5 Å². The summed E-state index contributed by atoms with van der Waals surface area (Å²) in [5.74, 6) is 1.85. The molecule has 1 rings (SSSR count). The maximum atomic E-state index is 6.49. The van der Waals surface area contributed by atoms with Crippen molar-refractivity contribution in [1.29, 1.82) is 0 Å². The summed E-state index contributed by atoms with van der Waals surface area (Å²) in [6.45, 7) is 6.33. The fraction of sp³-hybridized carbons (Fsp3) is 0.571. The summed E-state index contributed by atoms with van der Waals surface area (Å²) in [6, 6.07) is 3.89. The molecular formula is C14H22BrNO2. The molecule has 0 aromatic heterocycles. The van der Waals surface area contributed by atoms with Crippen molar-refractivity contribution in [3.8, 4) is 11.5 Å². The molecule has 18 heavy (non-hydrogen) atoms. The van der Waals surface area contributed by atoms with Crippen LogP contribution in [-0.2, 0) is 5.54 Å². The molecule has 2 N–H and O–H groups in total. The lowest BCUT2D eigenvalue weighted by atomic mass is 9.79. The zero-order valence-electron chi connectivity index (χ0n) is 11.7. The zero-order chi connectivity index (χ0) is 13.9. The minimum Gasteiger partial charge on any atom is -0.495 e. The van der Waals surface area contributed by atoms with E-state index in [2.05, 4.69) is 29.8 Å². The highest BCUT2D eigenvalue weighted by molar-refractivity contribution is 9.10. The molecule has 0 aliphatic heterocycles. The van der Waals surface area contributed by atoms with E-state index in [9.17, 15) is 0 Å². The molecule has 0 amide bonds. The van der Waals surface area contributed by atoms with Crippen LogP contribution in [0.5, 0.6) is 11.5 Å². The van der Waals surface area contributed by atoms with Crippen LogP contribution in [0.1, 0.15) is 32.8 Å². The molecule has 1 aromatic rings. The van der Waals surface area contributed by atoms with Gasteiger partial charge in [-0.15, -0.1) is 0 Å². The van der Waals surface area contributed by atoms with Gasteiger partial charge in [0.15, 0.2) is 0 Å². The number of ether oxygens (including phenoxy) is 2. The quantitative estimate of drug-likeness (QED) is 0.901.